The Morgan fingerprint density at radius 3 is 2.83 bits per heavy atom. The minimum atomic E-state index is 0.403. The standard InChI is InChI=1S/C28H23N7O/c1-36-24-7-4-6-20(17-24)22-11-15-34(19-22)28-30-14-10-25(33-28)27-29-13-9-23(32-27)12-16-35-26-8-3-2-5-21(26)18-31-35/h2-10,13-14,17-18,22H,11,15,19H2,1H3. The highest BCUT2D eigenvalue weighted by atomic mass is 16.5. The van der Waals surface area contributed by atoms with E-state index in [0.717, 1.165) is 36.2 Å². The lowest BCUT2D eigenvalue weighted by atomic mass is 9.98. The van der Waals surface area contributed by atoms with Crippen LogP contribution in [0.1, 0.15) is 23.6 Å². The number of aromatic nitrogens is 6. The first-order valence-electron chi connectivity index (χ1n) is 11.8. The number of para-hydroxylation sites is 1. The van der Waals surface area contributed by atoms with E-state index in [9.17, 15) is 0 Å². The van der Waals surface area contributed by atoms with Gasteiger partial charge in [0.1, 0.15) is 17.1 Å². The number of hydrogen-bond donors (Lipinski definition) is 0. The molecule has 0 amide bonds. The SMILES string of the molecule is COc1cccc(C2CCN(c3nccc(-c4nccc(C#Cn5ncc6ccccc65)n4)n3)C2)c1. The van der Waals surface area contributed by atoms with Gasteiger partial charge in [0.25, 0.3) is 0 Å². The number of methoxy groups -OCH3 is 1. The fraction of sp³-hybridized carbons (Fsp3) is 0.179. The van der Waals surface area contributed by atoms with Crippen LogP contribution in [0.2, 0.25) is 0 Å². The molecule has 1 aliphatic rings. The molecule has 0 aliphatic carbocycles. The van der Waals surface area contributed by atoms with Crippen LogP contribution in [0.5, 0.6) is 5.75 Å². The van der Waals surface area contributed by atoms with E-state index in [4.69, 9.17) is 9.72 Å². The molecule has 2 aromatic carbocycles. The Hall–Kier alpha value is -4.77. The molecule has 5 aromatic rings. The van der Waals surface area contributed by atoms with Crippen molar-refractivity contribution in [2.75, 3.05) is 25.1 Å². The summed E-state index contributed by atoms with van der Waals surface area (Å²) < 4.78 is 7.05. The molecule has 1 unspecified atom stereocenters. The van der Waals surface area contributed by atoms with Crippen LogP contribution in [0.4, 0.5) is 5.95 Å². The van der Waals surface area contributed by atoms with Gasteiger partial charge >= 0.3 is 0 Å². The van der Waals surface area contributed by atoms with Crippen molar-refractivity contribution >= 4 is 16.9 Å². The Balaban J connectivity index is 1.22. The summed E-state index contributed by atoms with van der Waals surface area (Å²) in [6, 6.07) is 22.9. The van der Waals surface area contributed by atoms with Crippen molar-refractivity contribution in [1.29, 1.82) is 0 Å². The lowest BCUT2D eigenvalue weighted by molar-refractivity contribution is 0.414. The first-order valence-corrected chi connectivity index (χ1v) is 11.8. The van der Waals surface area contributed by atoms with Gasteiger partial charge < -0.3 is 9.64 Å². The number of anilines is 1. The van der Waals surface area contributed by atoms with Gasteiger partial charge in [0.15, 0.2) is 5.82 Å². The van der Waals surface area contributed by atoms with Crippen molar-refractivity contribution in [2.24, 2.45) is 0 Å². The van der Waals surface area contributed by atoms with Crippen molar-refractivity contribution in [3.63, 3.8) is 0 Å². The molecule has 1 atom stereocenters. The monoisotopic (exact) mass is 473 g/mol. The highest BCUT2D eigenvalue weighted by Crippen LogP contribution is 2.31. The summed E-state index contributed by atoms with van der Waals surface area (Å²) in [6.07, 6.45) is 6.29. The lowest BCUT2D eigenvalue weighted by Gasteiger charge is -2.17. The molecular weight excluding hydrogens is 450 g/mol. The van der Waals surface area contributed by atoms with Gasteiger partial charge in [0.05, 0.1) is 18.8 Å². The fourth-order valence-corrected chi connectivity index (χ4v) is 4.46. The zero-order valence-electron chi connectivity index (χ0n) is 19.7. The maximum atomic E-state index is 5.39. The van der Waals surface area contributed by atoms with Crippen LogP contribution < -0.4 is 9.64 Å². The molecule has 0 N–H and O–H groups in total. The predicted octanol–water partition coefficient (Wildman–Crippen LogP) is 4.14. The molecule has 3 aromatic heterocycles. The van der Waals surface area contributed by atoms with E-state index in [2.05, 4.69) is 49.0 Å². The molecular formula is C28H23N7O. The number of nitrogens with zero attached hydrogens (tertiary/aromatic N) is 7. The highest BCUT2D eigenvalue weighted by molar-refractivity contribution is 5.79. The molecule has 1 aliphatic heterocycles. The summed E-state index contributed by atoms with van der Waals surface area (Å²) in [4.78, 5) is 20.6. The molecule has 176 valence electrons. The van der Waals surface area contributed by atoms with Crippen LogP contribution in [-0.4, -0.2) is 49.9 Å². The number of ether oxygens (including phenoxy) is 1. The Morgan fingerprint density at radius 1 is 0.972 bits per heavy atom. The largest absolute Gasteiger partial charge is 0.497 e. The highest BCUT2D eigenvalue weighted by Gasteiger charge is 2.26. The number of fused-ring (bicyclic) bond motifs is 1. The Labute approximate surface area is 208 Å². The first kappa shape index (κ1) is 21.7. The summed E-state index contributed by atoms with van der Waals surface area (Å²) in [5.41, 5.74) is 3.49. The minimum Gasteiger partial charge on any atom is -0.497 e. The van der Waals surface area contributed by atoms with Gasteiger partial charge in [0, 0.05) is 42.8 Å². The summed E-state index contributed by atoms with van der Waals surface area (Å²) >= 11 is 0. The van der Waals surface area contributed by atoms with E-state index >= 15 is 0 Å². The third-order valence-electron chi connectivity index (χ3n) is 6.33. The fourth-order valence-electron chi connectivity index (χ4n) is 4.46. The van der Waals surface area contributed by atoms with Gasteiger partial charge in [-0.1, -0.05) is 30.3 Å². The summed E-state index contributed by atoms with van der Waals surface area (Å²) in [6.45, 7) is 1.73. The zero-order chi connectivity index (χ0) is 24.3. The maximum Gasteiger partial charge on any atom is 0.225 e. The second-order valence-electron chi connectivity index (χ2n) is 8.57. The minimum absolute atomic E-state index is 0.403. The Bertz CT molecular complexity index is 1600. The van der Waals surface area contributed by atoms with E-state index in [1.54, 1.807) is 36.4 Å². The lowest BCUT2D eigenvalue weighted by Crippen LogP contribution is -2.21. The maximum absolute atomic E-state index is 5.39. The van der Waals surface area contributed by atoms with E-state index in [0.29, 0.717) is 29.1 Å². The van der Waals surface area contributed by atoms with Gasteiger partial charge in [-0.05, 0) is 48.2 Å². The molecule has 8 nitrogen and oxygen atoms in total. The van der Waals surface area contributed by atoms with E-state index in [1.807, 2.05) is 42.5 Å². The van der Waals surface area contributed by atoms with Crippen molar-refractivity contribution < 1.29 is 4.74 Å². The van der Waals surface area contributed by atoms with Gasteiger partial charge in [-0.15, -0.1) is 0 Å². The first-order chi connectivity index (χ1) is 17.8. The Kier molecular flexibility index (Phi) is 5.72. The molecule has 8 heteroatoms. The summed E-state index contributed by atoms with van der Waals surface area (Å²) in [7, 11) is 1.70. The molecule has 0 bridgehead atoms. The molecule has 1 saturated heterocycles. The van der Waals surface area contributed by atoms with Gasteiger partial charge in [-0.25, -0.2) is 19.9 Å². The van der Waals surface area contributed by atoms with Gasteiger partial charge in [-0.2, -0.15) is 9.78 Å². The third-order valence-corrected chi connectivity index (χ3v) is 6.33. The van der Waals surface area contributed by atoms with Crippen LogP contribution in [-0.2, 0) is 0 Å². The van der Waals surface area contributed by atoms with Crippen LogP contribution in [0, 0.1) is 12.0 Å². The Morgan fingerprint density at radius 2 is 1.89 bits per heavy atom. The zero-order valence-corrected chi connectivity index (χ0v) is 19.7. The predicted molar refractivity (Wildman–Crippen MR) is 138 cm³/mol. The number of hydrogen-bond acceptors (Lipinski definition) is 7. The quantitative estimate of drug-likeness (QED) is 0.363. The summed E-state index contributed by atoms with van der Waals surface area (Å²) in [5, 5.41) is 5.39. The molecule has 36 heavy (non-hydrogen) atoms. The van der Waals surface area contributed by atoms with Crippen LogP contribution in [0.25, 0.3) is 22.4 Å². The number of benzene rings is 2. The average molecular weight is 474 g/mol. The van der Waals surface area contributed by atoms with Crippen LogP contribution >= 0.6 is 0 Å². The molecule has 1 fully saturated rings. The van der Waals surface area contributed by atoms with Crippen molar-refractivity contribution in [2.45, 2.75) is 12.3 Å². The average Bonchev–Trinajstić information content (AvgIpc) is 3.60. The van der Waals surface area contributed by atoms with Crippen LogP contribution in [0.15, 0.2) is 79.3 Å². The topological polar surface area (TPSA) is 81.9 Å². The van der Waals surface area contributed by atoms with Crippen molar-refractivity contribution in [3.8, 4) is 29.2 Å². The number of rotatable bonds is 4. The molecule has 6 rings (SSSR count). The van der Waals surface area contributed by atoms with Crippen LogP contribution in [0.3, 0.4) is 0 Å². The normalized spacial score (nSPS) is 15.0. The molecule has 0 spiro atoms. The van der Waals surface area contributed by atoms with Gasteiger partial charge in [0.2, 0.25) is 5.95 Å². The molecule has 0 saturated carbocycles. The van der Waals surface area contributed by atoms with Gasteiger partial charge in [-0.3, -0.25) is 0 Å². The third kappa shape index (κ3) is 4.34. The second kappa shape index (κ2) is 9.47. The van der Waals surface area contributed by atoms with Crippen molar-refractivity contribution in [1.82, 2.24) is 29.7 Å². The molecule has 0 radical (unpaired) electrons. The summed E-state index contributed by atoms with van der Waals surface area (Å²) in [5.74, 6) is 5.57. The smallest absolute Gasteiger partial charge is 0.225 e. The molecule has 4 heterocycles. The van der Waals surface area contributed by atoms with E-state index in [1.165, 1.54) is 5.56 Å². The van der Waals surface area contributed by atoms with E-state index in [-0.39, 0.29) is 0 Å². The second-order valence-corrected chi connectivity index (χ2v) is 8.57. The van der Waals surface area contributed by atoms with E-state index < -0.39 is 0 Å². The van der Waals surface area contributed by atoms with Crippen molar-refractivity contribution in [3.05, 3.63) is 90.5 Å².